The SMILES string of the molecule is C=C(F)C(=O)OC(CCC)C(F)(F)C(F)C(F)(F)F. The largest absolute Gasteiger partial charge is 0.451 e. The highest BCUT2D eigenvalue weighted by atomic mass is 19.4. The second kappa shape index (κ2) is 6.25. The monoisotopic (exact) mass is 296 g/mol. The molecule has 0 fully saturated rings. The van der Waals surface area contributed by atoms with Crippen LogP contribution in [0.2, 0.25) is 0 Å². The maximum Gasteiger partial charge on any atom is 0.425 e. The maximum absolute atomic E-state index is 13.3. The second-order valence-electron chi connectivity index (χ2n) is 3.67. The van der Waals surface area contributed by atoms with Crippen molar-refractivity contribution in [2.75, 3.05) is 0 Å². The number of carbonyl (C=O) groups is 1. The number of ether oxygens (including phenoxy) is 1. The van der Waals surface area contributed by atoms with Crippen molar-refractivity contribution in [1.82, 2.24) is 0 Å². The average molecular weight is 296 g/mol. The van der Waals surface area contributed by atoms with Crippen LogP contribution in [0.4, 0.5) is 30.7 Å². The number of halogens is 7. The smallest absolute Gasteiger partial charge is 0.425 e. The van der Waals surface area contributed by atoms with Crippen molar-refractivity contribution in [3.8, 4) is 0 Å². The van der Waals surface area contributed by atoms with Gasteiger partial charge in [-0.25, -0.2) is 9.18 Å². The molecule has 0 N–H and O–H groups in total. The van der Waals surface area contributed by atoms with Crippen molar-refractivity contribution >= 4 is 5.97 Å². The Balaban J connectivity index is 5.15. The van der Waals surface area contributed by atoms with E-state index >= 15 is 0 Å². The lowest BCUT2D eigenvalue weighted by Crippen LogP contribution is -2.51. The first-order valence-corrected chi connectivity index (χ1v) is 5.08. The van der Waals surface area contributed by atoms with Crippen LogP contribution in [-0.4, -0.2) is 30.3 Å². The Morgan fingerprint density at radius 1 is 1.26 bits per heavy atom. The van der Waals surface area contributed by atoms with Crippen LogP contribution in [0.3, 0.4) is 0 Å². The molecule has 0 aromatic heterocycles. The van der Waals surface area contributed by atoms with Crippen molar-refractivity contribution in [3.05, 3.63) is 12.4 Å². The Labute approximate surface area is 104 Å². The fraction of sp³-hybridized carbons (Fsp3) is 0.700. The van der Waals surface area contributed by atoms with E-state index in [2.05, 4.69) is 11.3 Å². The fourth-order valence-electron chi connectivity index (χ4n) is 1.17. The molecule has 19 heavy (non-hydrogen) atoms. The Bertz CT molecular complexity index is 337. The van der Waals surface area contributed by atoms with Crippen LogP contribution in [0.1, 0.15) is 19.8 Å². The Kier molecular flexibility index (Phi) is 5.83. The molecule has 0 spiro atoms. The Hall–Kier alpha value is -1.28. The summed E-state index contributed by atoms with van der Waals surface area (Å²) < 4.78 is 91.2. The third kappa shape index (κ3) is 4.71. The lowest BCUT2D eigenvalue weighted by atomic mass is 10.0. The van der Waals surface area contributed by atoms with E-state index in [9.17, 15) is 35.5 Å². The van der Waals surface area contributed by atoms with Gasteiger partial charge in [0, 0.05) is 0 Å². The predicted molar refractivity (Wildman–Crippen MR) is 50.9 cm³/mol. The molecule has 9 heteroatoms. The van der Waals surface area contributed by atoms with Gasteiger partial charge in [-0.15, -0.1) is 0 Å². The van der Waals surface area contributed by atoms with E-state index in [1.165, 1.54) is 6.92 Å². The predicted octanol–water partition coefficient (Wildman–Crippen LogP) is 3.72. The third-order valence-corrected chi connectivity index (χ3v) is 2.08. The summed E-state index contributed by atoms with van der Waals surface area (Å²) in [6.07, 6.45) is -14.0. The van der Waals surface area contributed by atoms with Crippen LogP contribution in [0.25, 0.3) is 0 Å². The van der Waals surface area contributed by atoms with E-state index in [4.69, 9.17) is 0 Å². The molecule has 2 atom stereocenters. The number of hydrogen-bond acceptors (Lipinski definition) is 2. The molecule has 0 heterocycles. The molecule has 0 saturated heterocycles. The van der Waals surface area contributed by atoms with Crippen molar-refractivity contribution < 1.29 is 40.3 Å². The molecule has 0 aromatic carbocycles. The van der Waals surface area contributed by atoms with Gasteiger partial charge in [0.1, 0.15) is 0 Å². The minimum absolute atomic E-state index is 0.128. The molecule has 0 bridgehead atoms. The molecule has 112 valence electrons. The highest BCUT2D eigenvalue weighted by Gasteiger charge is 2.61. The number of carbonyl (C=O) groups excluding carboxylic acids is 1. The first-order chi connectivity index (χ1) is 8.44. The van der Waals surface area contributed by atoms with Gasteiger partial charge in [-0.2, -0.15) is 26.3 Å². The van der Waals surface area contributed by atoms with Gasteiger partial charge in [-0.1, -0.05) is 19.9 Å². The van der Waals surface area contributed by atoms with Gasteiger partial charge in [0.15, 0.2) is 6.10 Å². The number of alkyl halides is 6. The van der Waals surface area contributed by atoms with Crippen LogP contribution in [0, 0.1) is 0 Å². The zero-order chi connectivity index (χ0) is 15.4. The van der Waals surface area contributed by atoms with Gasteiger partial charge in [0.05, 0.1) is 0 Å². The molecule has 0 saturated carbocycles. The quantitative estimate of drug-likeness (QED) is 0.424. The first kappa shape index (κ1) is 17.7. The van der Waals surface area contributed by atoms with Gasteiger partial charge in [0.2, 0.25) is 5.83 Å². The summed E-state index contributed by atoms with van der Waals surface area (Å²) in [6, 6.07) is 0. The van der Waals surface area contributed by atoms with Crippen LogP contribution < -0.4 is 0 Å². The summed E-state index contributed by atoms with van der Waals surface area (Å²) in [4.78, 5) is 10.7. The van der Waals surface area contributed by atoms with Gasteiger partial charge in [0.25, 0.3) is 6.17 Å². The second-order valence-corrected chi connectivity index (χ2v) is 3.67. The topological polar surface area (TPSA) is 26.3 Å². The summed E-state index contributed by atoms with van der Waals surface area (Å²) in [5.74, 6) is -8.73. The number of esters is 1. The maximum atomic E-state index is 13.3. The van der Waals surface area contributed by atoms with Gasteiger partial charge in [-0.05, 0) is 6.42 Å². The molecular formula is C10H11F7O2. The summed E-state index contributed by atoms with van der Waals surface area (Å²) in [7, 11) is 0. The number of hydrogen-bond donors (Lipinski definition) is 0. The number of rotatable bonds is 6. The molecule has 0 amide bonds. The minimum atomic E-state index is -5.82. The van der Waals surface area contributed by atoms with Crippen molar-refractivity contribution in [2.24, 2.45) is 0 Å². The lowest BCUT2D eigenvalue weighted by Gasteiger charge is -2.29. The van der Waals surface area contributed by atoms with Gasteiger partial charge >= 0.3 is 18.1 Å². The van der Waals surface area contributed by atoms with Crippen molar-refractivity contribution in [1.29, 1.82) is 0 Å². The van der Waals surface area contributed by atoms with Crippen LogP contribution in [0.15, 0.2) is 12.4 Å². The van der Waals surface area contributed by atoms with E-state index in [-0.39, 0.29) is 6.42 Å². The van der Waals surface area contributed by atoms with E-state index in [1.54, 1.807) is 0 Å². The molecule has 0 aliphatic carbocycles. The van der Waals surface area contributed by atoms with E-state index < -0.39 is 42.6 Å². The third-order valence-electron chi connectivity index (χ3n) is 2.08. The lowest BCUT2D eigenvalue weighted by molar-refractivity contribution is -0.270. The summed E-state index contributed by atoms with van der Waals surface area (Å²) in [6.45, 7) is 3.74. The Morgan fingerprint density at radius 3 is 2.05 bits per heavy atom. The standard InChI is InChI=1S/C10H11F7O2/c1-3-4-6(19-7(18)5(2)11)9(13,14)8(12)10(15,16)17/h6,8H,2-4H2,1H3. The van der Waals surface area contributed by atoms with E-state index in [0.717, 1.165) is 0 Å². The Morgan fingerprint density at radius 2 is 1.74 bits per heavy atom. The molecule has 2 nitrogen and oxygen atoms in total. The minimum Gasteiger partial charge on any atom is -0.451 e. The summed E-state index contributed by atoms with van der Waals surface area (Å²) >= 11 is 0. The fourth-order valence-corrected chi connectivity index (χ4v) is 1.17. The van der Waals surface area contributed by atoms with Crippen LogP contribution >= 0.6 is 0 Å². The zero-order valence-electron chi connectivity index (χ0n) is 9.74. The highest BCUT2D eigenvalue weighted by Crippen LogP contribution is 2.39. The van der Waals surface area contributed by atoms with Gasteiger partial charge < -0.3 is 4.74 Å². The van der Waals surface area contributed by atoms with Gasteiger partial charge in [-0.3, -0.25) is 0 Å². The van der Waals surface area contributed by atoms with Crippen LogP contribution in [-0.2, 0) is 9.53 Å². The highest BCUT2D eigenvalue weighted by molar-refractivity contribution is 5.85. The zero-order valence-corrected chi connectivity index (χ0v) is 9.74. The molecule has 0 rings (SSSR count). The summed E-state index contributed by atoms with van der Waals surface area (Å²) in [5, 5.41) is 0. The van der Waals surface area contributed by atoms with Crippen LogP contribution in [0.5, 0.6) is 0 Å². The first-order valence-electron chi connectivity index (χ1n) is 5.08. The molecule has 2 unspecified atom stereocenters. The molecule has 0 radical (unpaired) electrons. The normalized spacial score (nSPS) is 15.8. The van der Waals surface area contributed by atoms with E-state index in [1.807, 2.05) is 0 Å². The van der Waals surface area contributed by atoms with E-state index in [0.29, 0.717) is 0 Å². The molecule has 0 aliphatic rings. The average Bonchev–Trinajstić information content (AvgIpc) is 2.25. The van der Waals surface area contributed by atoms with Crippen molar-refractivity contribution in [3.63, 3.8) is 0 Å². The molecule has 0 aliphatic heterocycles. The summed E-state index contributed by atoms with van der Waals surface area (Å²) in [5.41, 5.74) is 0. The molecular weight excluding hydrogens is 285 g/mol. The molecule has 0 aromatic rings. The van der Waals surface area contributed by atoms with Crippen molar-refractivity contribution in [2.45, 2.75) is 44.1 Å².